The minimum Gasteiger partial charge on any atom is -0.480 e. The Morgan fingerprint density at radius 3 is 3.04 bits per heavy atom. The van der Waals surface area contributed by atoms with Crippen molar-refractivity contribution >= 4 is 6.03 Å². The first kappa shape index (κ1) is 18.1. The standard InChI is InChI=1S/C19H22N4O5/c1-25-17-9-20-10-18(22-17)28-14-3-2-6-23(11-14)19(24)21-8-13-4-5-15-16(7-13)27-12-26-15/h4-5,7,9-10,14H,2-3,6,8,11-12H2,1H3,(H,21,24). The van der Waals surface area contributed by atoms with Gasteiger partial charge in [-0.3, -0.25) is 4.98 Å². The van der Waals surface area contributed by atoms with E-state index in [0.717, 1.165) is 24.2 Å². The summed E-state index contributed by atoms with van der Waals surface area (Å²) in [5, 5.41) is 2.95. The Bertz CT molecular complexity index is 847. The summed E-state index contributed by atoms with van der Waals surface area (Å²) in [4.78, 5) is 22.6. The van der Waals surface area contributed by atoms with Gasteiger partial charge in [-0.15, -0.1) is 0 Å². The third kappa shape index (κ3) is 4.19. The molecular formula is C19H22N4O5. The van der Waals surface area contributed by atoms with Gasteiger partial charge in [0.1, 0.15) is 6.10 Å². The SMILES string of the molecule is COc1cncc(OC2CCCN(C(=O)NCc3ccc4c(c3)OCO4)C2)n1. The number of fused-ring (bicyclic) bond motifs is 1. The summed E-state index contributed by atoms with van der Waals surface area (Å²) < 4.78 is 21.6. The lowest BCUT2D eigenvalue weighted by molar-refractivity contribution is 0.0968. The van der Waals surface area contributed by atoms with Gasteiger partial charge < -0.3 is 29.2 Å². The van der Waals surface area contributed by atoms with Crippen LogP contribution in [0, 0.1) is 0 Å². The second-order valence-electron chi connectivity index (χ2n) is 6.57. The molecule has 2 aliphatic heterocycles. The quantitative estimate of drug-likeness (QED) is 0.839. The number of nitrogens with zero attached hydrogens (tertiary/aromatic N) is 3. The first-order valence-electron chi connectivity index (χ1n) is 9.15. The van der Waals surface area contributed by atoms with Gasteiger partial charge in [0.05, 0.1) is 26.0 Å². The molecule has 1 saturated heterocycles. The molecule has 9 heteroatoms. The molecule has 0 saturated carbocycles. The number of rotatable bonds is 5. The number of carbonyl (C=O) groups excluding carboxylic acids is 1. The first-order chi connectivity index (χ1) is 13.7. The summed E-state index contributed by atoms with van der Waals surface area (Å²) >= 11 is 0. The summed E-state index contributed by atoms with van der Waals surface area (Å²) in [5.41, 5.74) is 0.953. The van der Waals surface area contributed by atoms with Gasteiger partial charge in [-0.1, -0.05) is 6.07 Å². The smallest absolute Gasteiger partial charge is 0.317 e. The highest BCUT2D eigenvalue weighted by atomic mass is 16.7. The van der Waals surface area contributed by atoms with Gasteiger partial charge in [0.2, 0.25) is 18.6 Å². The number of amides is 2. The molecule has 0 aliphatic carbocycles. The van der Waals surface area contributed by atoms with Crippen LogP contribution in [-0.2, 0) is 6.54 Å². The zero-order valence-corrected chi connectivity index (χ0v) is 15.6. The lowest BCUT2D eigenvalue weighted by atomic mass is 10.1. The second-order valence-corrected chi connectivity index (χ2v) is 6.57. The van der Waals surface area contributed by atoms with Gasteiger partial charge in [0.15, 0.2) is 11.5 Å². The molecule has 0 radical (unpaired) electrons. The number of ether oxygens (including phenoxy) is 4. The maximum atomic E-state index is 12.6. The third-order valence-corrected chi connectivity index (χ3v) is 4.63. The fourth-order valence-corrected chi connectivity index (χ4v) is 3.22. The second kappa shape index (κ2) is 8.20. The Hall–Kier alpha value is -3.23. The molecule has 3 heterocycles. The number of benzene rings is 1. The van der Waals surface area contributed by atoms with Crippen molar-refractivity contribution in [1.29, 1.82) is 0 Å². The normalized spacial score (nSPS) is 17.9. The molecule has 1 aromatic carbocycles. The maximum Gasteiger partial charge on any atom is 0.317 e. The first-order valence-corrected chi connectivity index (χ1v) is 9.15. The molecule has 1 unspecified atom stereocenters. The number of urea groups is 1. The van der Waals surface area contributed by atoms with Crippen molar-refractivity contribution in [3.05, 3.63) is 36.2 Å². The average Bonchev–Trinajstić information content (AvgIpc) is 3.20. The van der Waals surface area contributed by atoms with Gasteiger partial charge in [0, 0.05) is 13.1 Å². The molecule has 1 fully saturated rings. The monoisotopic (exact) mass is 386 g/mol. The van der Waals surface area contributed by atoms with E-state index in [4.69, 9.17) is 18.9 Å². The van der Waals surface area contributed by atoms with E-state index in [1.54, 1.807) is 11.1 Å². The Labute approximate surface area is 162 Å². The van der Waals surface area contributed by atoms with Crippen molar-refractivity contribution in [1.82, 2.24) is 20.2 Å². The van der Waals surface area contributed by atoms with Crippen molar-refractivity contribution in [2.75, 3.05) is 27.0 Å². The van der Waals surface area contributed by atoms with Crippen molar-refractivity contribution in [3.63, 3.8) is 0 Å². The molecule has 1 atom stereocenters. The van der Waals surface area contributed by atoms with E-state index in [0.29, 0.717) is 37.1 Å². The van der Waals surface area contributed by atoms with Crippen LogP contribution in [-0.4, -0.2) is 54.0 Å². The third-order valence-electron chi connectivity index (χ3n) is 4.63. The molecule has 148 valence electrons. The topological polar surface area (TPSA) is 95.0 Å². The molecule has 4 rings (SSSR count). The molecule has 0 bridgehead atoms. The molecular weight excluding hydrogens is 364 g/mol. The van der Waals surface area contributed by atoms with Crippen molar-refractivity contribution in [2.45, 2.75) is 25.5 Å². The van der Waals surface area contributed by atoms with E-state index >= 15 is 0 Å². The Morgan fingerprint density at radius 1 is 1.29 bits per heavy atom. The largest absolute Gasteiger partial charge is 0.480 e. The summed E-state index contributed by atoms with van der Waals surface area (Å²) in [6.45, 7) is 1.83. The molecule has 28 heavy (non-hydrogen) atoms. The van der Waals surface area contributed by atoms with Crippen LogP contribution >= 0.6 is 0 Å². The van der Waals surface area contributed by atoms with Crippen LogP contribution in [0.3, 0.4) is 0 Å². The summed E-state index contributed by atoms with van der Waals surface area (Å²) in [6.07, 6.45) is 4.64. The zero-order valence-electron chi connectivity index (χ0n) is 15.6. The molecule has 2 aromatic rings. The highest BCUT2D eigenvalue weighted by Gasteiger charge is 2.25. The van der Waals surface area contributed by atoms with E-state index < -0.39 is 0 Å². The number of aromatic nitrogens is 2. The van der Waals surface area contributed by atoms with Crippen LogP contribution in [0.25, 0.3) is 0 Å². The lowest BCUT2D eigenvalue weighted by Crippen LogP contribution is -2.48. The number of methoxy groups -OCH3 is 1. The Kier molecular flexibility index (Phi) is 5.31. The fraction of sp³-hybridized carbons (Fsp3) is 0.421. The van der Waals surface area contributed by atoms with Crippen molar-refractivity contribution in [3.8, 4) is 23.3 Å². The van der Waals surface area contributed by atoms with Crippen LogP contribution in [0.5, 0.6) is 23.3 Å². The molecule has 0 spiro atoms. The van der Waals surface area contributed by atoms with Gasteiger partial charge in [-0.25, -0.2) is 4.79 Å². The highest BCUT2D eigenvalue weighted by Crippen LogP contribution is 2.32. The fourth-order valence-electron chi connectivity index (χ4n) is 3.22. The minimum atomic E-state index is -0.133. The molecule has 1 N–H and O–H groups in total. The highest BCUT2D eigenvalue weighted by molar-refractivity contribution is 5.74. The minimum absolute atomic E-state index is 0.123. The Balaban J connectivity index is 1.30. The molecule has 2 amide bonds. The van der Waals surface area contributed by atoms with E-state index in [2.05, 4.69) is 15.3 Å². The van der Waals surface area contributed by atoms with Crippen molar-refractivity contribution in [2.24, 2.45) is 0 Å². The van der Waals surface area contributed by atoms with E-state index in [1.807, 2.05) is 18.2 Å². The predicted octanol–water partition coefficient (Wildman–Crippen LogP) is 1.97. The number of carbonyl (C=O) groups is 1. The maximum absolute atomic E-state index is 12.6. The van der Waals surface area contributed by atoms with E-state index in [-0.39, 0.29) is 18.9 Å². The summed E-state index contributed by atoms with van der Waals surface area (Å²) in [7, 11) is 1.53. The predicted molar refractivity (Wildman–Crippen MR) is 98.6 cm³/mol. The molecule has 9 nitrogen and oxygen atoms in total. The van der Waals surface area contributed by atoms with Gasteiger partial charge in [-0.2, -0.15) is 4.98 Å². The van der Waals surface area contributed by atoms with Crippen LogP contribution < -0.4 is 24.3 Å². The van der Waals surface area contributed by atoms with E-state index in [9.17, 15) is 4.79 Å². The average molecular weight is 386 g/mol. The van der Waals surface area contributed by atoms with Crippen molar-refractivity contribution < 1.29 is 23.7 Å². The van der Waals surface area contributed by atoms with Crippen LogP contribution in [0.15, 0.2) is 30.6 Å². The molecule has 2 aliphatic rings. The van der Waals surface area contributed by atoms with Gasteiger partial charge in [0.25, 0.3) is 0 Å². The number of nitrogens with one attached hydrogen (secondary N) is 1. The summed E-state index contributed by atoms with van der Waals surface area (Å²) in [6, 6.07) is 5.52. The number of hydrogen-bond acceptors (Lipinski definition) is 7. The number of hydrogen-bond donors (Lipinski definition) is 1. The van der Waals surface area contributed by atoms with E-state index in [1.165, 1.54) is 13.3 Å². The lowest BCUT2D eigenvalue weighted by Gasteiger charge is -2.32. The van der Waals surface area contributed by atoms with Crippen LogP contribution in [0.2, 0.25) is 0 Å². The number of piperidine rings is 1. The van der Waals surface area contributed by atoms with Gasteiger partial charge >= 0.3 is 6.03 Å². The summed E-state index contributed by atoms with van der Waals surface area (Å²) in [5.74, 6) is 2.22. The molecule has 1 aromatic heterocycles. The Morgan fingerprint density at radius 2 is 2.14 bits per heavy atom. The van der Waals surface area contributed by atoms with Gasteiger partial charge in [-0.05, 0) is 30.5 Å². The number of likely N-dealkylation sites (tertiary alicyclic amines) is 1. The van der Waals surface area contributed by atoms with Crippen LogP contribution in [0.1, 0.15) is 18.4 Å². The van der Waals surface area contributed by atoms with Crippen LogP contribution in [0.4, 0.5) is 4.79 Å². The zero-order chi connectivity index (χ0) is 19.3.